The normalized spacial score (nSPS) is 12.1. The molecular weight excluding hydrogens is 341 g/mol. The van der Waals surface area contributed by atoms with E-state index in [2.05, 4.69) is 32.9 Å². The Morgan fingerprint density at radius 3 is 2.78 bits per heavy atom. The van der Waals surface area contributed by atoms with E-state index in [1.165, 1.54) is 0 Å². The van der Waals surface area contributed by atoms with Gasteiger partial charge >= 0.3 is 0 Å². The van der Waals surface area contributed by atoms with E-state index in [1.54, 1.807) is 12.5 Å². The van der Waals surface area contributed by atoms with Crippen LogP contribution in [0, 0.1) is 3.57 Å². The first-order chi connectivity index (χ1) is 8.65. The van der Waals surface area contributed by atoms with Crippen molar-refractivity contribution in [1.29, 1.82) is 0 Å². The zero-order valence-corrected chi connectivity index (χ0v) is 12.2. The van der Waals surface area contributed by atoms with E-state index in [0.29, 0.717) is 5.56 Å². The van der Waals surface area contributed by atoms with Gasteiger partial charge in [0.05, 0.1) is 6.33 Å². The van der Waals surface area contributed by atoms with Crippen LogP contribution in [0.15, 0.2) is 43.0 Å². The summed E-state index contributed by atoms with van der Waals surface area (Å²) < 4.78 is 3.06. The third-order valence-electron chi connectivity index (χ3n) is 2.53. The molecule has 2 aromatic rings. The summed E-state index contributed by atoms with van der Waals surface area (Å²) in [5, 5.41) is 2.96. The van der Waals surface area contributed by atoms with E-state index in [4.69, 9.17) is 0 Å². The molecule has 1 aromatic carbocycles. The SMILES string of the molecule is CC(Cn1ccnc1)NC(=O)c1ccc(I)cc1. The number of rotatable bonds is 4. The van der Waals surface area contributed by atoms with Crippen molar-refractivity contribution in [2.75, 3.05) is 0 Å². The molecule has 1 atom stereocenters. The second kappa shape index (κ2) is 5.99. The number of carbonyl (C=O) groups excluding carboxylic acids is 1. The summed E-state index contributed by atoms with van der Waals surface area (Å²) in [6, 6.07) is 7.58. The standard InChI is InChI=1S/C13H14IN3O/c1-10(8-17-7-6-15-9-17)16-13(18)11-2-4-12(14)5-3-11/h2-7,9-10H,8H2,1H3,(H,16,18). The molecule has 0 aliphatic carbocycles. The molecule has 0 fully saturated rings. The van der Waals surface area contributed by atoms with Gasteiger partial charge in [-0.25, -0.2) is 4.98 Å². The molecule has 18 heavy (non-hydrogen) atoms. The molecular formula is C13H14IN3O. The van der Waals surface area contributed by atoms with Crippen molar-refractivity contribution < 1.29 is 4.79 Å². The van der Waals surface area contributed by atoms with Gasteiger partial charge in [0, 0.05) is 34.1 Å². The van der Waals surface area contributed by atoms with Gasteiger partial charge in [0.15, 0.2) is 0 Å². The van der Waals surface area contributed by atoms with E-state index in [0.717, 1.165) is 10.1 Å². The Hall–Kier alpha value is -1.37. The molecule has 1 amide bonds. The van der Waals surface area contributed by atoms with Gasteiger partial charge in [-0.3, -0.25) is 4.79 Å². The number of amides is 1. The number of hydrogen-bond donors (Lipinski definition) is 1. The van der Waals surface area contributed by atoms with E-state index >= 15 is 0 Å². The molecule has 0 saturated heterocycles. The number of nitrogens with one attached hydrogen (secondary N) is 1. The van der Waals surface area contributed by atoms with Crippen molar-refractivity contribution in [2.24, 2.45) is 0 Å². The van der Waals surface area contributed by atoms with E-state index < -0.39 is 0 Å². The highest BCUT2D eigenvalue weighted by molar-refractivity contribution is 14.1. The Bertz CT molecular complexity index is 508. The van der Waals surface area contributed by atoms with Crippen LogP contribution in [-0.2, 0) is 6.54 Å². The van der Waals surface area contributed by atoms with Crippen molar-refractivity contribution in [3.8, 4) is 0 Å². The van der Waals surface area contributed by atoms with Crippen LogP contribution in [0.5, 0.6) is 0 Å². The van der Waals surface area contributed by atoms with Crippen molar-refractivity contribution in [1.82, 2.24) is 14.9 Å². The van der Waals surface area contributed by atoms with Gasteiger partial charge in [-0.2, -0.15) is 0 Å². The van der Waals surface area contributed by atoms with Gasteiger partial charge in [-0.1, -0.05) is 0 Å². The third kappa shape index (κ3) is 3.56. The van der Waals surface area contributed by atoms with Crippen LogP contribution in [0.25, 0.3) is 0 Å². The van der Waals surface area contributed by atoms with Crippen LogP contribution >= 0.6 is 22.6 Å². The van der Waals surface area contributed by atoms with Crippen LogP contribution in [0.2, 0.25) is 0 Å². The molecule has 1 N–H and O–H groups in total. The first-order valence-electron chi connectivity index (χ1n) is 5.67. The molecule has 1 unspecified atom stereocenters. The van der Waals surface area contributed by atoms with Crippen LogP contribution < -0.4 is 5.32 Å². The summed E-state index contributed by atoms with van der Waals surface area (Å²) in [6.07, 6.45) is 5.36. The summed E-state index contributed by atoms with van der Waals surface area (Å²) >= 11 is 2.22. The maximum Gasteiger partial charge on any atom is 0.251 e. The van der Waals surface area contributed by atoms with Gasteiger partial charge < -0.3 is 9.88 Å². The van der Waals surface area contributed by atoms with Gasteiger partial charge in [0.25, 0.3) is 5.91 Å². The second-order valence-electron chi connectivity index (χ2n) is 4.14. The Kier molecular flexibility index (Phi) is 4.35. The van der Waals surface area contributed by atoms with Crippen molar-refractivity contribution in [3.05, 3.63) is 52.1 Å². The second-order valence-corrected chi connectivity index (χ2v) is 5.39. The Balaban J connectivity index is 1.92. The molecule has 2 rings (SSSR count). The molecule has 0 bridgehead atoms. The molecule has 0 aliphatic heterocycles. The minimum absolute atomic E-state index is 0.0426. The minimum Gasteiger partial charge on any atom is -0.348 e. The monoisotopic (exact) mass is 355 g/mol. The fraction of sp³-hybridized carbons (Fsp3) is 0.231. The van der Waals surface area contributed by atoms with E-state index in [1.807, 2.05) is 42.0 Å². The molecule has 0 saturated carbocycles. The number of halogens is 1. The number of benzene rings is 1. The first-order valence-corrected chi connectivity index (χ1v) is 6.75. The van der Waals surface area contributed by atoms with Gasteiger partial charge in [-0.15, -0.1) is 0 Å². The lowest BCUT2D eigenvalue weighted by atomic mass is 10.2. The molecule has 94 valence electrons. The van der Waals surface area contributed by atoms with Gasteiger partial charge in [0.2, 0.25) is 0 Å². The number of aromatic nitrogens is 2. The fourth-order valence-electron chi connectivity index (χ4n) is 1.66. The summed E-state index contributed by atoms with van der Waals surface area (Å²) in [5.74, 6) is -0.0426. The molecule has 5 heteroatoms. The quantitative estimate of drug-likeness (QED) is 0.856. The maximum absolute atomic E-state index is 12.0. The average molecular weight is 355 g/mol. The predicted octanol–water partition coefficient (Wildman–Crippen LogP) is 2.31. The Morgan fingerprint density at radius 2 is 2.17 bits per heavy atom. The van der Waals surface area contributed by atoms with Crippen LogP contribution in [0.1, 0.15) is 17.3 Å². The minimum atomic E-state index is -0.0426. The predicted molar refractivity (Wildman–Crippen MR) is 78.3 cm³/mol. The van der Waals surface area contributed by atoms with Crippen LogP contribution in [-0.4, -0.2) is 21.5 Å². The summed E-state index contributed by atoms with van der Waals surface area (Å²) in [5.41, 5.74) is 0.688. The van der Waals surface area contributed by atoms with Crippen molar-refractivity contribution in [2.45, 2.75) is 19.5 Å². The van der Waals surface area contributed by atoms with Crippen LogP contribution in [0.3, 0.4) is 0 Å². The number of nitrogens with zero attached hydrogens (tertiary/aromatic N) is 2. The lowest BCUT2D eigenvalue weighted by Crippen LogP contribution is -2.35. The van der Waals surface area contributed by atoms with E-state index in [-0.39, 0.29) is 11.9 Å². The van der Waals surface area contributed by atoms with Crippen molar-refractivity contribution in [3.63, 3.8) is 0 Å². The summed E-state index contributed by atoms with van der Waals surface area (Å²) in [6.45, 7) is 2.70. The van der Waals surface area contributed by atoms with Gasteiger partial charge in [0.1, 0.15) is 0 Å². The summed E-state index contributed by atoms with van der Waals surface area (Å²) in [7, 11) is 0. The Labute approximate surface area is 120 Å². The first kappa shape index (κ1) is 13.1. The number of hydrogen-bond acceptors (Lipinski definition) is 2. The van der Waals surface area contributed by atoms with Crippen LogP contribution in [0.4, 0.5) is 0 Å². The van der Waals surface area contributed by atoms with E-state index in [9.17, 15) is 4.79 Å². The number of imidazole rings is 1. The Morgan fingerprint density at radius 1 is 1.44 bits per heavy atom. The molecule has 1 heterocycles. The molecule has 0 spiro atoms. The zero-order valence-electron chi connectivity index (χ0n) is 10.0. The highest BCUT2D eigenvalue weighted by Gasteiger charge is 2.09. The summed E-state index contributed by atoms with van der Waals surface area (Å²) in [4.78, 5) is 15.9. The smallest absolute Gasteiger partial charge is 0.251 e. The number of carbonyl (C=O) groups is 1. The fourth-order valence-corrected chi connectivity index (χ4v) is 2.02. The molecule has 1 aromatic heterocycles. The molecule has 4 nitrogen and oxygen atoms in total. The average Bonchev–Trinajstić information content (AvgIpc) is 2.82. The highest BCUT2D eigenvalue weighted by atomic mass is 127. The maximum atomic E-state index is 12.0. The zero-order chi connectivity index (χ0) is 13.0. The highest BCUT2D eigenvalue weighted by Crippen LogP contribution is 2.07. The molecule has 0 radical (unpaired) electrons. The lowest BCUT2D eigenvalue weighted by molar-refractivity contribution is 0.0936. The third-order valence-corrected chi connectivity index (χ3v) is 3.25. The van der Waals surface area contributed by atoms with Crippen molar-refractivity contribution >= 4 is 28.5 Å². The topological polar surface area (TPSA) is 46.9 Å². The largest absolute Gasteiger partial charge is 0.348 e. The molecule has 0 aliphatic rings. The van der Waals surface area contributed by atoms with Gasteiger partial charge in [-0.05, 0) is 53.8 Å². The lowest BCUT2D eigenvalue weighted by Gasteiger charge is -2.14.